The first-order chi connectivity index (χ1) is 12.5. The summed E-state index contributed by atoms with van der Waals surface area (Å²) in [6, 6.07) is 12.6. The van der Waals surface area contributed by atoms with Crippen molar-refractivity contribution < 1.29 is 14.4 Å². The van der Waals surface area contributed by atoms with Gasteiger partial charge in [-0.3, -0.25) is 19.3 Å². The number of carbonyl (C=O) groups is 3. The van der Waals surface area contributed by atoms with Gasteiger partial charge >= 0.3 is 0 Å². The van der Waals surface area contributed by atoms with Crippen molar-refractivity contribution in [2.24, 2.45) is 5.73 Å². The molecule has 130 valence electrons. The first-order valence-electron chi connectivity index (χ1n) is 8.37. The van der Waals surface area contributed by atoms with Crippen molar-refractivity contribution in [3.05, 3.63) is 70.9 Å². The third-order valence-electron chi connectivity index (χ3n) is 4.69. The van der Waals surface area contributed by atoms with Crippen LogP contribution in [0.1, 0.15) is 31.8 Å². The van der Waals surface area contributed by atoms with Gasteiger partial charge in [-0.15, -0.1) is 0 Å². The average molecular weight is 347 g/mol. The summed E-state index contributed by atoms with van der Waals surface area (Å²) in [5.74, 6) is -0.882. The Kier molecular flexibility index (Phi) is 3.80. The molecule has 1 aromatic heterocycles. The van der Waals surface area contributed by atoms with Crippen molar-refractivity contribution in [3.8, 4) is 0 Å². The number of nitrogens with two attached hydrogens (primary N) is 1. The molecule has 1 aliphatic rings. The third-order valence-corrected chi connectivity index (χ3v) is 4.69. The Morgan fingerprint density at radius 3 is 2.38 bits per heavy atom. The smallest absolute Gasteiger partial charge is 0.261 e. The summed E-state index contributed by atoms with van der Waals surface area (Å²) in [6.45, 7) is 0.305. The predicted molar refractivity (Wildman–Crippen MR) is 96.7 cm³/mol. The molecule has 0 bridgehead atoms. The second-order valence-corrected chi connectivity index (χ2v) is 6.39. The first-order valence-corrected chi connectivity index (χ1v) is 8.37. The number of aromatic amines is 1. The van der Waals surface area contributed by atoms with Gasteiger partial charge in [-0.1, -0.05) is 18.2 Å². The maximum Gasteiger partial charge on any atom is 0.261 e. The van der Waals surface area contributed by atoms with E-state index in [9.17, 15) is 14.4 Å². The number of fused-ring (bicyclic) bond motifs is 2. The van der Waals surface area contributed by atoms with Crippen LogP contribution in [0.5, 0.6) is 0 Å². The first kappa shape index (κ1) is 16.1. The van der Waals surface area contributed by atoms with Crippen LogP contribution in [-0.2, 0) is 17.6 Å². The molecule has 0 aliphatic carbocycles. The number of hydrogen-bond donors (Lipinski definition) is 2. The molecule has 2 aromatic carbocycles. The summed E-state index contributed by atoms with van der Waals surface area (Å²) >= 11 is 0. The number of hydrogen-bond acceptors (Lipinski definition) is 3. The molecular weight excluding hydrogens is 330 g/mol. The van der Waals surface area contributed by atoms with Gasteiger partial charge in [0.15, 0.2) is 0 Å². The van der Waals surface area contributed by atoms with Crippen LogP contribution < -0.4 is 5.73 Å². The van der Waals surface area contributed by atoms with E-state index in [1.54, 1.807) is 24.3 Å². The zero-order valence-electron chi connectivity index (χ0n) is 14.0. The van der Waals surface area contributed by atoms with Crippen molar-refractivity contribution in [3.63, 3.8) is 0 Å². The van der Waals surface area contributed by atoms with Gasteiger partial charge in [-0.05, 0) is 41.8 Å². The Hall–Kier alpha value is -3.41. The number of imide groups is 1. The van der Waals surface area contributed by atoms with Crippen LogP contribution in [0.3, 0.4) is 0 Å². The van der Waals surface area contributed by atoms with E-state index < -0.39 is 0 Å². The molecule has 0 atom stereocenters. The highest BCUT2D eigenvalue weighted by atomic mass is 16.2. The molecule has 1 aliphatic heterocycles. The number of amides is 3. The van der Waals surface area contributed by atoms with Crippen molar-refractivity contribution in [2.75, 3.05) is 6.54 Å². The largest absolute Gasteiger partial charge is 0.369 e. The Bertz CT molecular complexity index is 1020. The van der Waals surface area contributed by atoms with Crippen LogP contribution in [0.25, 0.3) is 10.9 Å². The lowest BCUT2D eigenvalue weighted by Gasteiger charge is -2.13. The van der Waals surface area contributed by atoms with Gasteiger partial charge < -0.3 is 10.7 Å². The van der Waals surface area contributed by atoms with E-state index in [2.05, 4.69) is 4.98 Å². The van der Waals surface area contributed by atoms with Gasteiger partial charge in [0.1, 0.15) is 0 Å². The van der Waals surface area contributed by atoms with Crippen LogP contribution in [0, 0.1) is 0 Å². The van der Waals surface area contributed by atoms with E-state index in [4.69, 9.17) is 5.73 Å². The van der Waals surface area contributed by atoms with Crippen LogP contribution in [0.4, 0.5) is 0 Å². The second kappa shape index (κ2) is 6.15. The standard InChI is InChI=1S/C20H17N3O3/c21-18(24)10-12-5-6-17-16(9-12)13(11-22-17)7-8-23-19(25)14-3-1-2-4-15(14)20(23)26/h1-6,9,11,22H,7-8,10H2,(H2,21,24). The molecule has 2 heterocycles. The van der Waals surface area contributed by atoms with E-state index in [-0.39, 0.29) is 24.1 Å². The molecule has 0 saturated carbocycles. The number of nitrogens with zero attached hydrogens (tertiary/aromatic N) is 1. The lowest BCUT2D eigenvalue weighted by atomic mass is 10.1. The zero-order chi connectivity index (χ0) is 18.3. The number of rotatable bonds is 5. The summed E-state index contributed by atoms with van der Waals surface area (Å²) in [4.78, 5) is 40.5. The topological polar surface area (TPSA) is 96.3 Å². The number of aromatic nitrogens is 1. The van der Waals surface area contributed by atoms with E-state index in [1.165, 1.54) is 4.90 Å². The van der Waals surface area contributed by atoms with Crippen molar-refractivity contribution in [1.29, 1.82) is 0 Å². The Labute approximate surface area is 149 Å². The molecule has 6 heteroatoms. The lowest BCUT2D eigenvalue weighted by molar-refractivity contribution is -0.117. The number of H-pyrrole nitrogens is 1. The van der Waals surface area contributed by atoms with Gasteiger partial charge in [0.25, 0.3) is 11.8 Å². The molecule has 0 saturated heterocycles. The van der Waals surface area contributed by atoms with Crippen LogP contribution in [0.2, 0.25) is 0 Å². The number of nitrogens with one attached hydrogen (secondary N) is 1. The summed E-state index contributed by atoms with van der Waals surface area (Å²) in [7, 11) is 0. The molecule has 3 amide bonds. The molecule has 0 radical (unpaired) electrons. The molecule has 26 heavy (non-hydrogen) atoms. The Morgan fingerprint density at radius 1 is 1.04 bits per heavy atom. The van der Waals surface area contributed by atoms with E-state index >= 15 is 0 Å². The maximum atomic E-state index is 12.5. The van der Waals surface area contributed by atoms with Crippen LogP contribution in [-0.4, -0.2) is 34.2 Å². The molecule has 6 nitrogen and oxygen atoms in total. The normalized spacial score (nSPS) is 13.5. The fraction of sp³-hybridized carbons (Fsp3) is 0.150. The maximum absolute atomic E-state index is 12.5. The zero-order valence-corrected chi connectivity index (χ0v) is 14.0. The molecule has 3 N–H and O–H groups in total. The number of benzene rings is 2. The van der Waals surface area contributed by atoms with Crippen molar-refractivity contribution in [2.45, 2.75) is 12.8 Å². The van der Waals surface area contributed by atoms with Gasteiger partial charge in [-0.25, -0.2) is 0 Å². The summed E-state index contributed by atoms with van der Waals surface area (Å²) < 4.78 is 0. The molecule has 0 spiro atoms. The van der Waals surface area contributed by atoms with Gasteiger partial charge in [0, 0.05) is 23.6 Å². The van der Waals surface area contributed by atoms with Crippen molar-refractivity contribution >= 4 is 28.6 Å². The molecule has 0 fully saturated rings. The highest BCUT2D eigenvalue weighted by Gasteiger charge is 2.34. The highest BCUT2D eigenvalue weighted by molar-refractivity contribution is 6.21. The Balaban J connectivity index is 1.56. The minimum absolute atomic E-state index is 0.180. The molecular formula is C20H17N3O3. The van der Waals surface area contributed by atoms with Crippen LogP contribution in [0.15, 0.2) is 48.7 Å². The summed E-state index contributed by atoms with van der Waals surface area (Å²) in [5, 5.41) is 0.973. The van der Waals surface area contributed by atoms with E-state index in [0.29, 0.717) is 24.1 Å². The molecule has 0 unspecified atom stereocenters. The van der Waals surface area contributed by atoms with Gasteiger partial charge in [0.2, 0.25) is 5.91 Å². The quantitative estimate of drug-likeness (QED) is 0.691. The molecule has 3 aromatic rings. The average Bonchev–Trinajstić information content (AvgIpc) is 3.13. The summed E-state index contributed by atoms with van der Waals surface area (Å²) in [5.41, 5.74) is 8.95. The van der Waals surface area contributed by atoms with Crippen molar-refractivity contribution in [1.82, 2.24) is 9.88 Å². The predicted octanol–water partition coefficient (Wildman–Crippen LogP) is 2.03. The number of carbonyl (C=O) groups excluding carboxylic acids is 3. The highest BCUT2D eigenvalue weighted by Crippen LogP contribution is 2.25. The van der Waals surface area contributed by atoms with Crippen LogP contribution >= 0.6 is 0 Å². The molecule has 4 rings (SSSR count). The fourth-order valence-corrected chi connectivity index (χ4v) is 3.42. The second-order valence-electron chi connectivity index (χ2n) is 6.39. The summed E-state index contributed by atoms with van der Waals surface area (Å²) in [6.07, 6.45) is 2.58. The van der Waals surface area contributed by atoms with Gasteiger partial charge in [0.05, 0.1) is 17.5 Å². The monoisotopic (exact) mass is 347 g/mol. The minimum atomic E-state index is -0.382. The Morgan fingerprint density at radius 2 is 1.73 bits per heavy atom. The fourth-order valence-electron chi connectivity index (χ4n) is 3.42. The number of primary amides is 1. The van der Waals surface area contributed by atoms with E-state index in [0.717, 1.165) is 22.0 Å². The third kappa shape index (κ3) is 2.65. The van der Waals surface area contributed by atoms with Gasteiger partial charge in [-0.2, -0.15) is 0 Å². The lowest BCUT2D eigenvalue weighted by Crippen LogP contribution is -2.31. The SMILES string of the molecule is NC(=O)Cc1ccc2[nH]cc(CCN3C(=O)c4ccccc4C3=O)c2c1. The van der Waals surface area contributed by atoms with E-state index in [1.807, 2.05) is 24.4 Å². The minimum Gasteiger partial charge on any atom is -0.369 e.